The number of phenols is 1. The molecule has 1 aromatic heterocycles. The Hall–Kier alpha value is -4.18. The molecule has 1 fully saturated rings. The Morgan fingerprint density at radius 2 is 1.89 bits per heavy atom. The Labute approximate surface area is 217 Å². The van der Waals surface area contributed by atoms with Crippen LogP contribution in [-0.2, 0) is 14.3 Å². The van der Waals surface area contributed by atoms with Gasteiger partial charge in [-0.3, -0.25) is 14.5 Å². The lowest BCUT2D eigenvalue weighted by Gasteiger charge is -2.23. The highest BCUT2D eigenvalue weighted by Crippen LogP contribution is 2.44. The van der Waals surface area contributed by atoms with Crippen LogP contribution in [0.4, 0.5) is 5.13 Å². The van der Waals surface area contributed by atoms with E-state index in [2.05, 4.69) is 4.98 Å². The predicted octanol–water partition coefficient (Wildman–Crippen LogP) is 4.75. The van der Waals surface area contributed by atoms with Gasteiger partial charge in [0, 0.05) is 5.56 Å². The van der Waals surface area contributed by atoms with Crippen LogP contribution in [-0.4, -0.2) is 46.1 Å². The molecule has 1 aliphatic heterocycles. The van der Waals surface area contributed by atoms with E-state index < -0.39 is 29.5 Å². The monoisotopic (exact) mass is 522 g/mol. The van der Waals surface area contributed by atoms with Crippen molar-refractivity contribution in [1.29, 1.82) is 0 Å². The van der Waals surface area contributed by atoms with Crippen LogP contribution in [0.25, 0.3) is 5.76 Å². The smallest absolute Gasteiger partial charge is 0.350 e. The summed E-state index contributed by atoms with van der Waals surface area (Å²) in [4.78, 5) is 44.8. The number of benzene rings is 2. The van der Waals surface area contributed by atoms with Gasteiger partial charge in [0.25, 0.3) is 5.78 Å². The molecule has 0 aliphatic carbocycles. The Bertz CT molecular complexity index is 1390. The number of hydrogen-bond donors (Lipinski definition) is 2. The molecule has 0 spiro atoms. The Balaban J connectivity index is 1.88. The van der Waals surface area contributed by atoms with Crippen molar-refractivity contribution in [1.82, 2.24) is 4.98 Å². The second-order valence-electron chi connectivity index (χ2n) is 8.27. The highest BCUT2D eigenvalue weighted by molar-refractivity contribution is 7.17. The number of carbonyl (C=O) groups is 3. The molecule has 0 bridgehead atoms. The van der Waals surface area contributed by atoms with Crippen molar-refractivity contribution >= 4 is 39.9 Å². The van der Waals surface area contributed by atoms with E-state index in [1.54, 1.807) is 50.2 Å². The molecule has 1 amide bonds. The summed E-state index contributed by atoms with van der Waals surface area (Å²) in [6.07, 6.45) is 0.792. The fourth-order valence-electron chi connectivity index (χ4n) is 4.02. The molecule has 37 heavy (non-hydrogen) atoms. The van der Waals surface area contributed by atoms with Crippen molar-refractivity contribution in [3.8, 4) is 11.5 Å². The third-order valence-corrected chi connectivity index (χ3v) is 6.80. The normalized spacial score (nSPS) is 16.7. The standard InChI is InChI=1S/C27H26N2O7S/c1-4-12-36-19-11-7-9-17(14-19)22(31)20-21(16-8-6-10-18(30)13-16)29(25(33)23(20)32)27-28-15(3)24(37-27)26(34)35-5-2/h6-11,13-14,21,30-31H,4-5,12H2,1-3H3. The summed E-state index contributed by atoms with van der Waals surface area (Å²) in [5, 5.41) is 21.6. The fraction of sp³-hybridized carbons (Fsp3) is 0.259. The molecular formula is C27H26N2O7S. The number of hydrogen-bond acceptors (Lipinski definition) is 9. The van der Waals surface area contributed by atoms with Crippen LogP contribution in [0, 0.1) is 6.92 Å². The van der Waals surface area contributed by atoms with Crippen LogP contribution in [0.2, 0.25) is 0 Å². The summed E-state index contributed by atoms with van der Waals surface area (Å²) < 4.78 is 10.7. The molecule has 1 unspecified atom stereocenters. The fourth-order valence-corrected chi connectivity index (χ4v) is 5.01. The highest BCUT2D eigenvalue weighted by Gasteiger charge is 2.48. The lowest BCUT2D eigenvalue weighted by atomic mass is 9.95. The maximum Gasteiger partial charge on any atom is 0.350 e. The van der Waals surface area contributed by atoms with Gasteiger partial charge in [-0.05, 0) is 50.1 Å². The van der Waals surface area contributed by atoms with Gasteiger partial charge in [-0.25, -0.2) is 9.78 Å². The van der Waals surface area contributed by atoms with Gasteiger partial charge in [0.05, 0.1) is 30.5 Å². The number of ketones is 1. The van der Waals surface area contributed by atoms with Gasteiger partial charge in [-0.15, -0.1) is 0 Å². The van der Waals surface area contributed by atoms with Gasteiger partial charge in [0.2, 0.25) is 0 Å². The van der Waals surface area contributed by atoms with E-state index in [1.807, 2.05) is 6.92 Å². The number of aromatic hydroxyl groups is 1. The SMILES string of the molecule is CCCOc1cccc(C(O)=C2C(=O)C(=O)N(c3nc(C)c(C(=O)OCC)s3)C2c2cccc(O)c2)c1. The second-order valence-corrected chi connectivity index (χ2v) is 9.25. The minimum absolute atomic E-state index is 0.0828. The number of nitrogens with zero attached hydrogens (tertiary/aromatic N) is 2. The number of rotatable bonds is 8. The topological polar surface area (TPSA) is 126 Å². The number of aliphatic hydroxyl groups is 1. The van der Waals surface area contributed by atoms with Crippen LogP contribution >= 0.6 is 11.3 Å². The van der Waals surface area contributed by atoms with Gasteiger partial charge >= 0.3 is 11.9 Å². The van der Waals surface area contributed by atoms with Gasteiger partial charge in [-0.2, -0.15) is 0 Å². The first kappa shape index (κ1) is 25.9. The van der Waals surface area contributed by atoms with Crippen LogP contribution in [0.3, 0.4) is 0 Å². The minimum atomic E-state index is -1.10. The third kappa shape index (κ3) is 5.05. The summed E-state index contributed by atoms with van der Waals surface area (Å²) in [6, 6.07) is 11.6. The molecule has 1 atom stereocenters. The summed E-state index contributed by atoms with van der Waals surface area (Å²) in [5.41, 5.74) is 0.841. The number of anilines is 1. The zero-order valence-electron chi connectivity index (χ0n) is 20.6. The molecule has 1 saturated heterocycles. The van der Waals surface area contributed by atoms with Crippen LogP contribution in [0.15, 0.2) is 54.1 Å². The predicted molar refractivity (Wildman–Crippen MR) is 138 cm³/mol. The Kier molecular flexibility index (Phi) is 7.58. The Morgan fingerprint density at radius 1 is 1.14 bits per heavy atom. The zero-order valence-corrected chi connectivity index (χ0v) is 21.4. The lowest BCUT2D eigenvalue weighted by molar-refractivity contribution is -0.132. The van der Waals surface area contributed by atoms with Crippen LogP contribution in [0.1, 0.15) is 52.8 Å². The molecule has 192 valence electrons. The van der Waals surface area contributed by atoms with E-state index in [9.17, 15) is 24.6 Å². The van der Waals surface area contributed by atoms with Crippen LogP contribution < -0.4 is 9.64 Å². The maximum absolute atomic E-state index is 13.3. The molecule has 10 heteroatoms. The summed E-state index contributed by atoms with van der Waals surface area (Å²) in [6.45, 7) is 5.89. The zero-order chi connectivity index (χ0) is 26.7. The number of ether oxygens (including phenoxy) is 2. The van der Waals surface area contributed by atoms with Crippen molar-refractivity contribution in [2.24, 2.45) is 0 Å². The first-order chi connectivity index (χ1) is 17.8. The first-order valence-corrected chi connectivity index (χ1v) is 12.6. The van der Waals surface area contributed by atoms with Crippen molar-refractivity contribution in [2.75, 3.05) is 18.1 Å². The number of aliphatic hydroxyl groups excluding tert-OH is 1. The van der Waals surface area contributed by atoms with Gasteiger partial charge in [0.1, 0.15) is 22.1 Å². The number of Topliss-reactive ketones (excluding diaryl/α,β-unsaturated/α-hetero) is 1. The van der Waals surface area contributed by atoms with E-state index >= 15 is 0 Å². The second kappa shape index (κ2) is 10.8. The van der Waals surface area contributed by atoms with Crippen molar-refractivity contribution in [3.63, 3.8) is 0 Å². The molecular weight excluding hydrogens is 496 g/mol. The third-order valence-electron chi connectivity index (χ3n) is 5.66. The van der Waals surface area contributed by atoms with E-state index in [0.29, 0.717) is 29.2 Å². The molecule has 0 radical (unpaired) electrons. The Morgan fingerprint density at radius 3 is 2.59 bits per heavy atom. The van der Waals surface area contributed by atoms with E-state index in [0.717, 1.165) is 22.7 Å². The number of aromatic nitrogens is 1. The van der Waals surface area contributed by atoms with E-state index in [-0.39, 0.29) is 27.9 Å². The van der Waals surface area contributed by atoms with E-state index in [1.165, 1.54) is 12.1 Å². The average Bonchev–Trinajstić information content (AvgIpc) is 3.39. The first-order valence-electron chi connectivity index (χ1n) is 11.7. The quantitative estimate of drug-likeness (QED) is 0.188. The number of aryl methyl sites for hydroxylation is 1. The molecule has 4 rings (SSSR count). The molecule has 2 N–H and O–H groups in total. The van der Waals surface area contributed by atoms with Gasteiger partial charge in [-0.1, -0.05) is 42.5 Å². The van der Waals surface area contributed by atoms with Crippen molar-refractivity contribution in [3.05, 3.63) is 75.8 Å². The highest BCUT2D eigenvalue weighted by atomic mass is 32.1. The number of phenolic OH excluding ortho intramolecular Hbond substituents is 1. The molecule has 2 aromatic carbocycles. The number of thiazole rings is 1. The van der Waals surface area contributed by atoms with Crippen LogP contribution in [0.5, 0.6) is 11.5 Å². The largest absolute Gasteiger partial charge is 0.508 e. The lowest BCUT2D eigenvalue weighted by Crippen LogP contribution is -2.29. The minimum Gasteiger partial charge on any atom is -0.508 e. The molecule has 9 nitrogen and oxygen atoms in total. The summed E-state index contributed by atoms with van der Waals surface area (Å²) in [5.74, 6) is -2.40. The number of carbonyl (C=O) groups excluding carboxylic acids is 3. The van der Waals surface area contributed by atoms with Crippen molar-refractivity contribution in [2.45, 2.75) is 33.2 Å². The van der Waals surface area contributed by atoms with Crippen molar-refractivity contribution < 1.29 is 34.1 Å². The molecule has 0 saturated carbocycles. The number of esters is 1. The molecule has 2 heterocycles. The maximum atomic E-state index is 13.3. The number of amides is 1. The molecule has 3 aromatic rings. The van der Waals surface area contributed by atoms with Gasteiger partial charge in [0.15, 0.2) is 5.13 Å². The summed E-state index contributed by atoms with van der Waals surface area (Å²) >= 11 is 0.915. The molecule has 1 aliphatic rings. The van der Waals surface area contributed by atoms with E-state index in [4.69, 9.17) is 9.47 Å². The van der Waals surface area contributed by atoms with Gasteiger partial charge < -0.3 is 19.7 Å². The average molecular weight is 523 g/mol. The summed E-state index contributed by atoms with van der Waals surface area (Å²) in [7, 11) is 0.